The van der Waals surface area contributed by atoms with Crippen LogP contribution in [0.1, 0.15) is 5.69 Å². The van der Waals surface area contributed by atoms with Crippen LogP contribution in [-0.4, -0.2) is 9.59 Å². The lowest BCUT2D eigenvalue weighted by Crippen LogP contribution is -1.97. The molecule has 3 nitrogen and oxygen atoms in total. The van der Waals surface area contributed by atoms with Crippen molar-refractivity contribution in [1.29, 1.82) is 0 Å². The van der Waals surface area contributed by atoms with Crippen LogP contribution in [0.4, 0.5) is 0 Å². The second kappa shape index (κ2) is 5.19. The van der Waals surface area contributed by atoms with Crippen molar-refractivity contribution < 1.29 is 4.74 Å². The molecular formula is C9H5Cl3N2OS. The number of halogens is 3. The van der Waals surface area contributed by atoms with Crippen LogP contribution in [0, 0.1) is 0 Å². The molecule has 0 unspecified atom stereocenters. The molecule has 0 spiro atoms. The van der Waals surface area contributed by atoms with E-state index in [0.29, 0.717) is 25.8 Å². The van der Waals surface area contributed by atoms with Crippen molar-refractivity contribution in [2.45, 2.75) is 6.61 Å². The summed E-state index contributed by atoms with van der Waals surface area (Å²) in [4.78, 5) is 0. The molecule has 2 aromatic rings. The van der Waals surface area contributed by atoms with Crippen molar-refractivity contribution in [3.8, 4) is 5.75 Å². The highest BCUT2D eigenvalue weighted by atomic mass is 35.5. The van der Waals surface area contributed by atoms with E-state index in [9.17, 15) is 0 Å². The third kappa shape index (κ3) is 2.58. The van der Waals surface area contributed by atoms with E-state index >= 15 is 0 Å². The lowest BCUT2D eigenvalue weighted by Gasteiger charge is -2.07. The first kappa shape index (κ1) is 11.9. The molecule has 1 aromatic carbocycles. The first-order chi connectivity index (χ1) is 7.68. The molecule has 0 atom stereocenters. The van der Waals surface area contributed by atoms with E-state index in [2.05, 4.69) is 9.59 Å². The smallest absolute Gasteiger partial charge is 0.157 e. The quantitative estimate of drug-likeness (QED) is 0.856. The van der Waals surface area contributed by atoms with Gasteiger partial charge >= 0.3 is 0 Å². The average molecular weight is 296 g/mol. The summed E-state index contributed by atoms with van der Waals surface area (Å²) in [7, 11) is 0. The Labute approximate surface area is 111 Å². The summed E-state index contributed by atoms with van der Waals surface area (Å²) in [6.45, 7) is 0.193. The van der Waals surface area contributed by atoms with E-state index in [1.807, 2.05) is 0 Å². The van der Waals surface area contributed by atoms with Gasteiger partial charge in [0.2, 0.25) is 0 Å². The highest BCUT2D eigenvalue weighted by Gasteiger charge is 2.10. The zero-order valence-corrected chi connectivity index (χ0v) is 10.9. The minimum atomic E-state index is 0.193. The number of hydrogen-bond donors (Lipinski definition) is 0. The standard InChI is InChI=1S/C9H5Cl3N2OS/c10-5-2-1-3-6(11)8(5)15-4-7-9(12)16-14-13-7/h1-3H,4H2. The van der Waals surface area contributed by atoms with Crippen LogP contribution in [0.3, 0.4) is 0 Å². The fraction of sp³-hybridized carbons (Fsp3) is 0.111. The van der Waals surface area contributed by atoms with E-state index in [-0.39, 0.29) is 6.61 Å². The first-order valence-corrected chi connectivity index (χ1v) is 6.12. The largest absolute Gasteiger partial charge is 0.484 e. The zero-order chi connectivity index (χ0) is 11.5. The lowest BCUT2D eigenvalue weighted by molar-refractivity contribution is 0.301. The Morgan fingerprint density at radius 2 is 1.88 bits per heavy atom. The van der Waals surface area contributed by atoms with Crippen LogP contribution in [0.25, 0.3) is 0 Å². The Morgan fingerprint density at radius 1 is 1.19 bits per heavy atom. The van der Waals surface area contributed by atoms with Crippen LogP contribution < -0.4 is 4.74 Å². The van der Waals surface area contributed by atoms with Crippen LogP contribution >= 0.6 is 46.3 Å². The Hall–Kier alpha value is -0.550. The highest BCUT2D eigenvalue weighted by Crippen LogP contribution is 2.33. The van der Waals surface area contributed by atoms with Crippen LogP contribution in [0.2, 0.25) is 14.4 Å². The van der Waals surface area contributed by atoms with E-state index in [4.69, 9.17) is 39.5 Å². The molecule has 0 aliphatic heterocycles. The number of benzene rings is 1. The number of rotatable bonds is 3. The molecule has 0 radical (unpaired) electrons. The number of nitrogens with zero attached hydrogens (tertiary/aromatic N) is 2. The molecule has 0 saturated heterocycles. The van der Waals surface area contributed by atoms with Crippen LogP contribution in [-0.2, 0) is 6.61 Å². The van der Waals surface area contributed by atoms with Crippen molar-refractivity contribution in [1.82, 2.24) is 9.59 Å². The minimum Gasteiger partial charge on any atom is -0.484 e. The highest BCUT2D eigenvalue weighted by molar-refractivity contribution is 7.10. The number of ether oxygens (including phenoxy) is 1. The van der Waals surface area contributed by atoms with Gasteiger partial charge in [0.1, 0.15) is 16.6 Å². The number of aromatic nitrogens is 2. The minimum absolute atomic E-state index is 0.193. The van der Waals surface area contributed by atoms with E-state index in [0.717, 1.165) is 11.5 Å². The van der Waals surface area contributed by atoms with Crippen LogP contribution in [0.5, 0.6) is 5.75 Å². The summed E-state index contributed by atoms with van der Waals surface area (Å²) in [5.74, 6) is 0.426. The summed E-state index contributed by atoms with van der Waals surface area (Å²) < 4.78 is 9.64. The summed E-state index contributed by atoms with van der Waals surface area (Å²) in [6.07, 6.45) is 0. The SMILES string of the molecule is Clc1cccc(Cl)c1OCc1nnsc1Cl. The third-order valence-corrected chi connectivity index (χ3v) is 3.36. The molecule has 84 valence electrons. The molecule has 1 aromatic heterocycles. The van der Waals surface area contributed by atoms with Gasteiger partial charge in [0.15, 0.2) is 5.75 Å². The normalized spacial score (nSPS) is 10.4. The molecule has 0 saturated carbocycles. The van der Waals surface area contributed by atoms with Gasteiger partial charge in [-0.3, -0.25) is 0 Å². The van der Waals surface area contributed by atoms with Gasteiger partial charge < -0.3 is 4.74 Å². The van der Waals surface area contributed by atoms with Crippen molar-refractivity contribution in [2.75, 3.05) is 0 Å². The number of hydrogen-bond acceptors (Lipinski definition) is 4. The van der Waals surface area contributed by atoms with Gasteiger partial charge in [-0.25, -0.2) is 0 Å². The predicted molar refractivity (Wildman–Crippen MR) is 65.7 cm³/mol. The van der Waals surface area contributed by atoms with Gasteiger partial charge in [0.25, 0.3) is 0 Å². The molecule has 16 heavy (non-hydrogen) atoms. The molecule has 1 heterocycles. The van der Waals surface area contributed by atoms with E-state index in [1.165, 1.54) is 0 Å². The van der Waals surface area contributed by atoms with Crippen molar-refractivity contribution in [3.05, 3.63) is 38.3 Å². The molecule has 0 fully saturated rings. The second-order valence-electron chi connectivity index (χ2n) is 2.83. The molecule has 2 rings (SSSR count). The summed E-state index contributed by atoms with van der Waals surface area (Å²) in [6, 6.07) is 5.14. The molecular weight excluding hydrogens is 291 g/mol. The van der Waals surface area contributed by atoms with E-state index < -0.39 is 0 Å². The maximum atomic E-state index is 5.93. The first-order valence-electron chi connectivity index (χ1n) is 4.22. The zero-order valence-electron chi connectivity index (χ0n) is 7.78. The van der Waals surface area contributed by atoms with Gasteiger partial charge in [-0.05, 0) is 12.1 Å². The Bertz CT molecular complexity index is 483. The van der Waals surface area contributed by atoms with Gasteiger partial charge in [0.05, 0.1) is 10.0 Å². The molecule has 0 bridgehead atoms. The maximum Gasteiger partial charge on any atom is 0.157 e. The monoisotopic (exact) mass is 294 g/mol. The van der Waals surface area contributed by atoms with Gasteiger partial charge in [-0.15, -0.1) is 5.10 Å². The van der Waals surface area contributed by atoms with Gasteiger partial charge in [0, 0.05) is 11.5 Å². The molecule has 0 N–H and O–H groups in total. The summed E-state index contributed by atoms with van der Waals surface area (Å²) in [5.41, 5.74) is 0.572. The maximum absolute atomic E-state index is 5.93. The number of para-hydroxylation sites is 1. The van der Waals surface area contributed by atoms with Gasteiger partial charge in [-0.1, -0.05) is 45.4 Å². The third-order valence-electron chi connectivity index (χ3n) is 1.78. The Kier molecular flexibility index (Phi) is 3.86. The Balaban J connectivity index is 2.14. The van der Waals surface area contributed by atoms with Crippen LogP contribution in [0.15, 0.2) is 18.2 Å². The summed E-state index contributed by atoms with van der Waals surface area (Å²) in [5, 5.41) is 4.72. The average Bonchev–Trinajstić information content (AvgIpc) is 2.64. The van der Waals surface area contributed by atoms with Crippen molar-refractivity contribution in [2.24, 2.45) is 0 Å². The second-order valence-corrected chi connectivity index (χ2v) is 5.00. The van der Waals surface area contributed by atoms with E-state index in [1.54, 1.807) is 18.2 Å². The molecule has 0 aliphatic carbocycles. The molecule has 0 aliphatic rings. The fourth-order valence-corrected chi connectivity index (χ4v) is 2.15. The van der Waals surface area contributed by atoms with Gasteiger partial charge in [-0.2, -0.15) is 0 Å². The Morgan fingerprint density at radius 3 is 2.44 bits per heavy atom. The topological polar surface area (TPSA) is 35.0 Å². The lowest BCUT2D eigenvalue weighted by atomic mass is 10.3. The summed E-state index contributed by atoms with van der Waals surface area (Å²) >= 11 is 18.8. The van der Waals surface area contributed by atoms with Crippen molar-refractivity contribution in [3.63, 3.8) is 0 Å². The predicted octanol–water partition coefficient (Wildman–Crippen LogP) is 4.08. The fourth-order valence-electron chi connectivity index (χ4n) is 1.04. The van der Waals surface area contributed by atoms with Crippen molar-refractivity contribution >= 4 is 46.3 Å². The molecule has 7 heteroatoms. The molecule has 0 amide bonds.